The van der Waals surface area contributed by atoms with Crippen molar-refractivity contribution in [3.63, 3.8) is 0 Å². The fraction of sp³-hybridized carbons (Fsp3) is 1.00. The average molecular weight is 280 g/mol. The van der Waals surface area contributed by atoms with E-state index in [-0.39, 0.29) is 5.54 Å². The first kappa shape index (κ1) is 16.3. The summed E-state index contributed by atoms with van der Waals surface area (Å²) in [6.45, 7) is 12.1. The lowest BCUT2D eigenvalue weighted by Gasteiger charge is -2.50. The van der Waals surface area contributed by atoms with Gasteiger partial charge in [0.15, 0.2) is 0 Å². The van der Waals surface area contributed by atoms with E-state index < -0.39 is 0 Å². The molecule has 1 aliphatic heterocycles. The lowest BCUT2D eigenvalue weighted by Crippen LogP contribution is -2.61. The Hall–Kier alpha value is -0.0800. The van der Waals surface area contributed by atoms with Crippen molar-refractivity contribution in [3.8, 4) is 0 Å². The van der Waals surface area contributed by atoms with Crippen molar-refractivity contribution < 1.29 is 0 Å². The molecule has 0 amide bonds. The molecule has 2 heteroatoms. The fourth-order valence-corrected chi connectivity index (χ4v) is 4.90. The monoisotopic (exact) mass is 280 g/mol. The Morgan fingerprint density at radius 3 is 2.15 bits per heavy atom. The first-order valence-corrected chi connectivity index (χ1v) is 9.05. The normalized spacial score (nSPS) is 34.4. The summed E-state index contributed by atoms with van der Waals surface area (Å²) in [6.07, 6.45) is 9.23. The molecule has 2 rings (SSSR count). The molecule has 2 N–H and O–H groups in total. The molecule has 0 bridgehead atoms. The summed E-state index contributed by atoms with van der Waals surface area (Å²) in [7, 11) is 0. The van der Waals surface area contributed by atoms with Crippen LogP contribution in [0.1, 0.15) is 72.6 Å². The minimum atomic E-state index is 0.265. The average Bonchev–Trinajstić information content (AvgIpc) is 2.98. The van der Waals surface area contributed by atoms with E-state index in [9.17, 15) is 0 Å². The maximum atomic E-state index is 6.89. The van der Waals surface area contributed by atoms with Crippen molar-refractivity contribution in [1.29, 1.82) is 0 Å². The summed E-state index contributed by atoms with van der Waals surface area (Å²) in [5, 5.41) is 0. The first-order valence-electron chi connectivity index (χ1n) is 9.05. The number of rotatable bonds is 5. The molecular weight excluding hydrogens is 244 g/mol. The molecule has 4 atom stereocenters. The Labute approximate surface area is 126 Å². The van der Waals surface area contributed by atoms with Crippen molar-refractivity contribution in [2.24, 2.45) is 23.5 Å². The fourth-order valence-electron chi connectivity index (χ4n) is 4.90. The van der Waals surface area contributed by atoms with Crippen LogP contribution in [0, 0.1) is 17.8 Å². The number of nitrogens with two attached hydrogens (primary N) is 1. The van der Waals surface area contributed by atoms with E-state index in [1.54, 1.807) is 0 Å². The van der Waals surface area contributed by atoms with Crippen molar-refractivity contribution in [3.05, 3.63) is 0 Å². The standard InChI is InChI=1S/C18H36N2/c1-5-18(6-2,20-11-7-8-12-20)17(19)16-10-9-14(3)15(4)13-16/h14-17H,5-13,19H2,1-4H3. The zero-order valence-electron chi connectivity index (χ0n) is 14.2. The van der Waals surface area contributed by atoms with Gasteiger partial charge in [-0.15, -0.1) is 0 Å². The maximum absolute atomic E-state index is 6.89. The van der Waals surface area contributed by atoms with E-state index in [0.717, 1.165) is 17.8 Å². The zero-order chi connectivity index (χ0) is 14.8. The molecule has 1 saturated carbocycles. The van der Waals surface area contributed by atoms with Crippen LogP contribution in [0.4, 0.5) is 0 Å². The van der Waals surface area contributed by atoms with Gasteiger partial charge in [0.1, 0.15) is 0 Å². The van der Waals surface area contributed by atoms with Crippen molar-refractivity contribution in [2.75, 3.05) is 13.1 Å². The second kappa shape index (κ2) is 6.79. The van der Waals surface area contributed by atoms with Crippen LogP contribution >= 0.6 is 0 Å². The lowest BCUT2D eigenvalue weighted by molar-refractivity contribution is 0.0341. The van der Waals surface area contributed by atoms with Gasteiger partial charge in [0.25, 0.3) is 0 Å². The minimum absolute atomic E-state index is 0.265. The highest BCUT2D eigenvalue weighted by atomic mass is 15.2. The van der Waals surface area contributed by atoms with Crippen molar-refractivity contribution in [1.82, 2.24) is 4.90 Å². The van der Waals surface area contributed by atoms with Crippen molar-refractivity contribution in [2.45, 2.75) is 84.2 Å². The maximum Gasteiger partial charge on any atom is 0.0357 e. The molecule has 0 spiro atoms. The molecular formula is C18H36N2. The third-order valence-corrected chi connectivity index (χ3v) is 6.73. The van der Waals surface area contributed by atoms with E-state index in [1.165, 1.54) is 58.0 Å². The predicted octanol–water partition coefficient (Wildman–Crippen LogP) is 4.04. The molecule has 0 aromatic rings. The van der Waals surface area contributed by atoms with Crippen LogP contribution in [0.2, 0.25) is 0 Å². The van der Waals surface area contributed by atoms with Gasteiger partial charge in [0.2, 0.25) is 0 Å². The molecule has 1 heterocycles. The quantitative estimate of drug-likeness (QED) is 0.823. The highest BCUT2D eigenvalue weighted by Crippen LogP contribution is 2.41. The van der Waals surface area contributed by atoms with Gasteiger partial charge in [-0.3, -0.25) is 4.90 Å². The number of hydrogen-bond acceptors (Lipinski definition) is 2. The summed E-state index contributed by atoms with van der Waals surface area (Å²) in [4.78, 5) is 2.74. The van der Waals surface area contributed by atoms with Crippen LogP contribution in [-0.2, 0) is 0 Å². The molecule has 2 fully saturated rings. The Morgan fingerprint density at radius 1 is 1.05 bits per heavy atom. The molecule has 0 aromatic heterocycles. The molecule has 4 unspecified atom stereocenters. The summed E-state index contributed by atoms with van der Waals surface area (Å²) in [5.41, 5.74) is 7.16. The van der Waals surface area contributed by atoms with Gasteiger partial charge < -0.3 is 5.73 Å². The molecule has 20 heavy (non-hydrogen) atoms. The van der Waals surface area contributed by atoms with Crippen LogP contribution in [0.25, 0.3) is 0 Å². The Kier molecular flexibility index (Phi) is 5.53. The minimum Gasteiger partial charge on any atom is -0.326 e. The highest BCUT2D eigenvalue weighted by molar-refractivity contribution is 5.02. The van der Waals surface area contributed by atoms with E-state index in [2.05, 4.69) is 32.6 Å². The van der Waals surface area contributed by atoms with Crippen LogP contribution in [0.15, 0.2) is 0 Å². The molecule has 2 nitrogen and oxygen atoms in total. The summed E-state index contributed by atoms with van der Waals surface area (Å²) in [5.74, 6) is 2.48. The van der Waals surface area contributed by atoms with Gasteiger partial charge in [-0.2, -0.15) is 0 Å². The third-order valence-electron chi connectivity index (χ3n) is 6.73. The Morgan fingerprint density at radius 2 is 1.65 bits per heavy atom. The topological polar surface area (TPSA) is 29.3 Å². The number of nitrogens with zero attached hydrogens (tertiary/aromatic N) is 1. The second-order valence-electron chi connectivity index (χ2n) is 7.56. The van der Waals surface area contributed by atoms with E-state index in [4.69, 9.17) is 5.73 Å². The molecule has 1 aliphatic carbocycles. The lowest BCUT2D eigenvalue weighted by atomic mass is 9.67. The van der Waals surface area contributed by atoms with Gasteiger partial charge in [0.05, 0.1) is 0 Å². The van der Waals surface area contributed by atoms with Crippen LogP contribution in [0.5, 0.6) is 0 Å². The van der Waals surface area contributed by atoms with Crippen molar-refractivity contribution >= 4 is 0 Å². The molecule has 1 saturated heterocycles. The molecule has 0 radical (unpaired) electrons. The highest BCUT2D eigenvalue weighted by Gasteiger charge is 2.44. The Balaban J connectivity index is 2.12. The summed E-state index contributed by atoms with van der Waals surface area (Å²) < 4.78 is 0. The molecule has 0 aromatic carbocycles. The third kappa shape index (κ3) is 2.92. The first-order chi connectivity index (χ1) is 9.55. The smallest absolute Gasteiger partial charge is 0.0357 e. The Bertz CT molecular complexity index is 292. The second-order valence-corrected chi connectivity index (χ2v) is 7.56. The molecule has 2 aliphatic rings. The summed E-state index contributed by atoms with van der Waals surface area (Å²) >= 11 is 0. The van der Waals surface area contributed by atoms with E-state index in [0.29, 0.717) is 6.04 Å². The SMILES string of the molecule is CCC(CC)(C(N)C1CCC(C)C(C)C1)N1CCCC1. The molecule has 118 valence electrons. The van der Waals surface area contributed by atoms with Crippen LogP contribution in [-0.4, -0.2) is 29.6 Å². The van der Waals surface area contributed by atoms with E-state index in [1.807, 2.05) is 0 Å². The number of hydrogen-bond donors (Lipinski definition) is 1. The van der Waals surface area contributed by atoms with Gasteiger partial charge >= 0.3 is 0 Å². The van der Waals surface area contributed by atoms with Gasteiger partial charge in [0, 0.05) is 11.6 Å². The van der Waals surface area contributed by atoms with Gasteiger partial charge in [-0.1, -0.05) is 34.1 Å². The largest absolute Gasteiger partial charge is 0.326 e. The summed E-state index contributed by atoms with van der Waals surface area (Å²) in [6, 6.07) is 0.366. The van der Waals surface area contributed by atoms with Gasteiger partial charge in [-0.25, -0.2) is 0 Å². The van der Waals surface area contributed by atoms with Gasteiger partial charge in [-0.05, 0) is 69.4 Å². The van der Waals surface area contributed by atoms with Crippen LogP contribution in [0.3, 0.4) is 0 Å². The van der Waals surface area contributed by atoms with Crippen LogP contribution < -0.4 is 5.73 Å². The zero-order valence-corrected chi connectivity index (χ0v) is 14.2. The van der Waals surface area contributed by atoms with E-state index >= 15 is 0 Å². The predicted molar refractivity (Wildman–Crippen MR) is 87.8 cm³/mol. The number of likely N-dealkylation sites (tertiary alicyclic amines) is 1.